The van der Waals surface area contributed by atoms with Crippen LogP contribution in [-0.4, -0.2) is 18.3 Å². The molecule has 0 saturated carbocycles. The van der Waals surface area contributed by atoms with E-state index < -0.39 is 0 Å². The smallest absolute Gasteiger partial charge is 0.150 e. The van der Waals surface area contributed by atoms with Gasteiger partial charge in [0.2, 0.25) is 0 Å². The zero-order chi connectivity index (χ0) is 15.1. The van der Waals surface area contributed by atoms with Crippen LogP contribution in [0.2, 0.25) is 5.02 Å². The molecule has 3 nitrogen and oxygen atoms in total. The van der Waals surface area contributed by atoms with E-state index in [0.29, 0.717) is 17.2 Å². The molecule has 21 heavy (non-hydrogen) atoms. The normalized spacial score (nSPS) is 10.6. The van der Waals surface area contributed by atoms with Crippen LogP contribution in [0.5, 0.6) is 11.5 Å². The van der Waals surface area contributed by atoms with Crippen LogP contribution in [0.15, 0.2) is 42.5 Å². The summed E-state index contributed by atoms with van der Waals surface area (Å²) in [6, 6.07) is 13.4. The minimum absolute atomic E-state index is 0.150. The highest BCUT2D eigenvalue weighted by Crippen LogP contribution is 2.33. The SMILES string of the molecule is CCNCc1cccc(Cl)c1Oc1ccc(CCO)cc1. The first-order chi connectivity index (χ1) is 10.2. The number of para-hydroxylation sites is 1. The van der Waals surface area contributed by atoms with Gasteiger partial charge < -0.3 is 15.2 Å². The zero-order valence-corrected chi connectivity index (χ0v) is 12.9. The highest BCUT2D eigenvalue weighted by Gasteiger charge is 2.09. The number of aliphatic hydroxyl groups excluding tert-OH is 1. The van der Waals surface area contributed by atoms with Crippen molar-refractivity contribution in [3.63, 3.8) is 0 Å². The maximum atomic E-state index is 8.92. The maximum Gasteiger partial charge on any atom is 0.150 e. The second kappa shape index (κ2) is 8.03. The molecule has 2 aromatic rings. The molecule has 112 valence electrons. The fourth-order valence-corrected chi connectivity index (χ4v) is 2.27. The van der Waals surface area contributed by atoms with Gasteiger partial charge in [0.15, 0.2) is 0 Å². The Bertz CT molecular complexity index is 570. The summed E-state index contributed by atoms with van der Waals surface area (Å²) in [6.07, 6.45) is 0.651. The van der Waals surface area contributed by atoms with Gasteiger partial charge in [0.25, 0.3) is 0 Å². The van der Waals surface area contributed by atoms with Crippen molar-refractivity contribution in [1.29, 1.82) is 0 Å². The van der Waals surface area contributed by atoms with Crippen molar-refractivity contribution in [2.24, 2.45) is 0 Å². The minimum atomic E-state index is 0.150. The molecule has 4 heteroatoms. The van der Waals surface area contributed by atoms with Gasteiger partial charge >= 0.3 is 0 Å². The molecule has 0 unspecified atom stereocenters. The fraction of sp³-hybridized carbons (Fsp3) is 0.294. The Morgan fingerprint density at radius 3 is 2.57 bits per heavy atom. The summed E-state index contributed by atoms with van der Waals surface area (Å²) in [4.78, 5) is 0. The Morgan fingerprint density at radius 2 is 1.90 bits per heavy atom. The number of benzene rings is 2. The van der Waals surface area contributed by atoms with Crippen LogP contribution in [0.3, 0.4) is 0 Å². The van der Waals surface area contributed by atoms with Gasteiger partial charge in [-0.2, -0.15) is 0 Å². The van der Waals surface area contributed by atoms with Crippen LogP contribution in [0.4, 0.5) is 0 Å². The Kier molecular flexibility index (Phi) is 6.05. The molecule has 0 spiro atoms. The summed E-state index contributed by atoms with van der Waals surface area (Å²) < 4.78 is 5.94. The van der Waals surface area contributed by atoms with E-state index in [1.54, 1.807) is 0 Å². The van der Waals surface area contributed by atoms with Crippen LogP contribution in [0.1, 0.15) is 18.1 Å². The van der Waals surface area contributed by atoms with Crippen molar-refractivity contribution in [1.82, 2.24) is 5.32 Å². The van der Waals surface area contributed by atoms with Crippen molar-refractivity contribution >= 4 is 11.6 Å². The zero-order valence-electron chi connectivity index (χ0n) is 12.1. The molecular weight excluding hydrogens is 286 g/mol. The highest BCUT2D eigenvalue weighted by molar-refractivity contribution is 6.32. The number of hydrogen-bond donors (Lipinski definition) is 2. The van der Waals surface area contributed by atoms with Crippen LogP contribution in [0.25, 0.3) is 0 Å². The third-order valence-electron chi connectivity index (χ3n) is 3.16. The monoisotopic (exact) mass is 305 g/mol. The molecule has 2 aromatic carbocycles. The summed E-state index contributed by atoms with van der Waals surface area (Å²) in [6.45, 7) is 3.82. The lowest BCUT2D eigenvalue weighted by molar-refractivity contribution is 0.299. The van der Waals surface area contributed by atoms with Crippen molar-refractivity contribution in [3.05, 3.63) is 58.6 Å². The van der Waals surface area contributed by atoms with Crippen LogP contribution < -0.4 is 10.1 Å². The number of ether oxygens (including phenoxy) is 1. The average molecular weight is 306 g/mol. The number of aliphatic hydroxyl groups is 1. The first kappa shape index (κ1) is 15.8. The molecule has 2 N–H and O–H groups in total. The summed E-state index contributed by atoms with van der Waals surface area (Å²) in [5.41, 5.74) is 2.11. The van der Waals surface area contributed by atoms with Gasteiger partial charge in [-0.1, -0.05) is 42.8 Å². The molecule has 0 saturated heterocycles. The molecule has 0 bridgehead atoms. The van der Waals surface area contributed by atoms with Crippen molar-refractivity contribution in [2.45, 2.75) is 19.9 Å². The Hall–Kier alpha value is -1.55. The summed E-state index contributed by atoms with van der Waals surface area (Å²) in [5, 5.41) is 12.8. The third-order valence-corrected chi connectivity index (χ3v) is 3.46. The lowest BCUT2D eigenvalue weighted by Gasteiger charge is -2.13. The maximum absolute atomic E-state index is 8.92. The van der Waals surface area contributed by atoms with Gasteiger partial charge in [-0.3, -0.25) is 0 Å². The molecule has 0 radical (unpaired) electrons. The van der Waals surface area contributed by atoms with Crippen molar-refractivity contribution < 1.29 is 9.84 Å². The predicted molar refractivity (Wildman–Crippen MR) is 86.1 cm³/mol. The van der Waals surface area contributed by atoms with E-state index >= 15 is 0 Å². The summed E-state index contributed by atoms with van der Waals surface area (Å²) >= 11 is 6.25. The van der Waals surface area contributed by atoms with Gasteiger partial charge in [0.1, 0.15) is 11.5 Å². The lowest BCUT2D eigenvalue weighted by atomic mass is 10.1. The molecule has 2 rings (SSSR count). The number of halogens is 1. The predicted octanol–water partition coefficient (Wildman–Crippen LogP) is 3.78. The molecule has 0 aliphatic rings. The molecule has 0 aliphatic carbocycles. The van der Waals surface area contributed by atoms with E-state index in [0.717, 1.165) is 30.0 Å². The van der Waals surface area contributed by atoms with E-state index in [-0.39, 0.29) is 6.61 Å². The van der Waals surface area contributed by atoms with Crippen molar-refractivity contribution in [3.8, 4) is 11.5 Å². The molecule has 0 amide bonds. The van der Waals surface area contributed by atoms with Crippen LogP contribution in [0, 0.1) is 0 Å². The standard InChI is InChI=1S/C17H20ClNO2/c1-2-19-12-14-4-3-5-16(18)17(14)21-15-8-6-13(7-9-15)10-11-20/h3-9,19-20H,2,10-12H2,1H3. The van der Waals surface area contributed by atoms with Gasteiger partial charge in [0, 0.05) is 18.7 Å². The van der Waals surface area contributed by atoms with Gasteiger partial charge in [-0.25, -0.2) is 0 Å². The largest absolute Gasteiger partial charge is 0.455 e. The number of hydrogen-bond acceptors (Lipinski definition) is 3. The van der Waals surface area contributed by atoms with E-state index in [2.05, 4.69) is 12.2 Å². The molecule has 0 fully saturated rings. The van der Waals surface area contributed by atoms with E-state index in [9.17, 15) is 0 Å². The lowest BCUT2D eigenvalue weighted by Crippen LogP contribution is -2.12. The quantitative estimate of drug-likeness (QED) is 0.818. The summed E-state index contributed by atoms with van der Waals surface area (Å²) in [7, 11) is 0. The topological polar surface area (TPSA) is 41.5 Å². The van der Waals surface area contributed by atoms with Gasteiger partial charge in [-0.15, -0.1) is 0 Å². The summed E-state index contributed by atoms with van der Waals surface area (Å²) in [5.74, 6) is 1.43. The van der Waals surface area contributed by atoms with E-state index in [1.165, 1.54) is 0 Å². The number of nitrogens with one attached hydrogen (secondary N) is 1. The molecular formula is C17H20ClNO2. The van der Waals surface area contributed by atoms with Crippen LogP contribution >= 0.6 is 11.6 Å². The second-order valence-electron chi connectivity index (χ2n) is 4.73. The Labute approximate surface area is 130 Å². The molecule has 0 aromatic heterocycles. The second-order valence-corrected chi connectivity index (χ2v) is 5.14. The Morgan fingerprint density at radius 1 is 1.14 bits per heavy atom. The Balaban J connectivity index is 2.17. The fourth-order valence-electron chi connectivity index (χ4n) is 2.04. The third kappa shape index (κ3) is 4.46. The van der Waals surface area contributed by atoms with Crippen molar-refractivity contribution in [2.75, 3.05) is 13.2 Å². The van der Waals surface area contributed by atoms with E-state index in [1.807, 2.05) is 42.5 Å². The number of rotatable bonds is 7. The van der Waals surface area contributed by atoms with E-state index in [4.69, 9.17) is 21.4 Å². The molecule has 0 heterocycles. The minimum Gasteiger partial charge on any atom is -0.455 e. The molecule has 0 atom stereocenters. The highest BCUT2D eigenvalue weighted by atomic mass is 35.5. The first-order valence-corrected chi connectivity index (χ1v) is 7.48. The van der Waals surface area contributed by atoms with Crippen LogP contribution in [-0.2, 0) is 13.0 Å². The average Bonchev–Trinajstić information content (AvgIpc) is 2.50. The van der Waals surface area contributed by atoms with Gasteiger partial charge in [-0.05, 0) is 36.7 Å². The van der Waals surface area contributed by atoms with Gasteiger partial charge in [0.05, 0.1) is 5.02 Å². The molecule has 0 aliphatic heterocycles. The first-order valence-electron chi connectivity index (χ1n) is 7.10.